The van der Waals surface area contributed by atoms with Crippen LogP contribution in [0.15, 0.2) is 18.2 Å². The Labute approximate surface area is 105 Å². The highest BCUT2D eigenvalue weighted by Gasteiger charge is 2.11. The fourth-order valence-electron chi connectivity index (χ4n) is 1.45. The summed E-state index contributed by atoms with van der Waals surface area (Å²) < 4.78 is 10.2. The SMILES string of the molecule is COc1ccc(OC)c(NCC(O)CC(=O)O)c1. The van der Waals surface area contributed by atoms with Crippen LogP contribution in [0.2, 0.25) is 0 Å². The van der Waals surface area contributed by atoms with E-state index in [2.05, 4.69) is 5.32 Å². The molecule has 0 spiro atoms. The summed E-state index contributed by atoms with van der Waals surface area (Å²) in [5.74, 6) is 0.200. The van der Waals surface area contributed by atoms with Crippen molar-refractivity contribution >= 4 is 11.7 Å². The van der Waals surface area contributed by atoms with Crippen LogP contribution in [0.5, 0.6) is 11.5 Å². The minimum Gasteiger partial charge on any atom is -0.497 e. The lowest BCUT2D eigenvalue weighted by Gasteiger charge is -2.14. The summed E-state index contributed by atoms with van der Waals surface area (Å²) in [6.45, 7) is 0.121. The summed E-state index contributed by atoms with van der Waals surface area (Å²) >= 11 is 0. The zero-order chi connectivity index (χ0) is 13.5. The third-order valence-electron chi connectivity index (χ3n) is 2.35. The standard InChI is InChI=1S/C12H17NO5/c1-17-9-3-4-11(18-2)10(6-9)13-7-8(14)5-12(15)16/h3-4,6,8,13-14H,5,7H2,1-2H3,(H,15,16). The number of carbonyl (C=O) groups is 1. The number of aliphatic carboxylic acids is 1. The molecule has 0 radical (unpaired) electrons. The topological polar surface area (TPSA) is 88.0 Å². The molecule has 0 aliphatic carbocycles. The first-order valence-electron chi connectivity index (χ1n) is 5.42. The number of aliphatic hydroxyl groups excluding tert-OH is 1. The van der Waals surface area contributed by atoms with Crippen molar-refractivity contribution in [1.82, 2.24) is 0 Å². The number of nitrogens with one attached hydrogen (secondary N) is 1. The van der Waals surface area contributed by atoms with Crippen molar-refractivity contribution in [2.24, 2.45) is 0 Å². The average molecular weight is 255 g/mol. The van der Waals surface area contributed by atoms with Crippen LogP contribution in [0.1, 0.15) is 6.42 Å². The molecule has 0 saturated heterocycles. The van der Waals surface area contributed by atoms with E-state index in [-0.39, 0.29) is 13.0 Å². The summed E-state index contributed by atoms with van der Waals surface area (Å²) in [5, 5.41) is 20.9. The second-order valence-corrected chi connectivity index (χ2v) is 3.70. The van der Waals surface area contributed by atoms with Crippen LogP contribution < -0.4 is 14.8 Å². The van der Waals surface area contributed by atoms with Gasteiger partial charge in [-0.1, -0.05) is 0 Å². The summed E-state index contributed by atoms with van der Waals surface area (Å²) in [5.41, 5.74) is 0.640. The van der Waals surface area contributed by atoms with Gasteiger partial charge in [-0.2, -0.15) is 0 Å². The molecule has 1 aromatic carbocycles. The zero-order valence-electron chi connectivity index (χ0n) is 10.3. The molecule has 18 heavy (non-hydrogen) atoms. The van der Waals surface area contributed by atoms with Gasteiger partial charge in [-0.15, -0.1) is 0 Å². The fourth-order valence-corrected chi connectivity index (χ4v) is 1.45. The molecule has 6 nitrogen and oxygen atoms in total. The molecular formula is C12H17NO5. The largest absolute Gasteiger partial charge is 0.497 e. The molecule has 3 N–H and O–H groups in total. The lowest BCUT2D eigenvalue weighted by atomic mass is 10.2. The van der Waals surface area contributed by atoms with Gasteiger partial charge in [0.2, 0.25) is 0 Å². The molecule has 0 fully saturated rings. The molecule has 100 valence electrons. The van der Waals surface area contributed by atoms with Crippen LogP contribution in [0.3, 0.4) is 0 Å². The molecular weight excluding hydrogens is 238 g/mol. The van der Waals surface area contributed by atoms with Crippen molar-refractivity contribution in [3.63, 3.8) is 0 Å². The van der Waals surface area contributed by atoms with Gasteiger partial charge in [0.05, 0.1) is 32.4 Å². The molecule has 0 saturated carbocycles. The van der Waals surface area contributed by atoms with Crippen molar-refractivity contribution in [2.75, 3.05) is 26.1 Å². The van der Waals surface area contributed by atoms with Gasteiger partial charge in [-0.3, -0.25) is 4.79 Å². The molecule has 1 rings (SSSR count). The smallest absolute Gasteiger partial charge is 0.306 e. The first-order chi connectivity index (χ1) is 8.56. The highest BCUT2D eigenvalue weighted by molar-refractivity contribution is 5.67. The van der Waals surface area contributed by atoms with Crippen molar-refractivity contribution in [2.45, 2.75) is 12.5 Å². The number of carboxylic acids is 1. The Balaban J connectivity index is 2.67. The molecule has 0 bridgehead atoms. The number of rotatable bonds is 7. The second kappa shape index (κ2) is 6.70. The number of ether oxygens (including phenoxy) is 2. The molecule has 0 amide bonds. The van der Waals surface area contributed by atoms with Crippen LogP contribution in [0.25, 0.3) is 0 Å². The van der Waals surface area contributed by atoms with E-state index in [0.717, 1.165) is 0 Å². The molecule has 0 heterocycles. The summed E-state index contributed by atoms with van der Waals surface area (Å²) in [6.07, 6.45) is -1.27. The van der Waals surface area contributed by atoms with Crippen LogP contribution in [0, 0.1) is 0 Å². The maximum Gasteiger partial charge on any atom is 0.306 e. The Hall–Kier alpha value is -1.95. The maximum absolute atomic E-state index is 10.4. The molecule has 0 aliphatic rings. The van der Waals surface area contributed by atoms with Crippen LogP contribution >= 0.6 is 0 Å². The monoisotopic (exact) mass is 255 g/mol. The minimum atomic E-state index is -1.04. The van der Waals surface area contributed by atoms with E-state index in [9.17, 15) is 9.90 Å². The van der Waals surface area contributed by atoms with Gasteiger partial charge < -0.3 is 25.0 Å². The molecule has 6 heteroatoms. The molecule has 0 aromatic heterocycles. The van der Waals surface area contributed by atoms with Crippen LogP contribution in [-0.4, -0.2) is 43.1 Å². The second-order valence-electron chi connectivity index (χ2n) is 3.70. The Kier molecular flexibility index (Phi) is 5.26. The van der Waals surface area contributed by atoms with Crippen molar-refractivity contribution in [1.29, 1.82) is 0 Å². The van der Waals surface area contributed by atoms with Crippen LogP contribution in [-0.2, 0) is 4.79 Å². The Bertz CT molecular complexity index is 407. The van der Waals surface area contributed by atoms with E-state index in [1.165, 1.54) is 7.11 Å². The molecule has 1 unspecified atom stereocenters. The van der Waals surface area contributed by atoms with Gasteiger partial charge in [0.25, 0.3) is 0 Å². The summed E-state index contributed by atoms with van der Waals surface area (Å²) in [4.78, 5) is 10.4. The number of aliphatic hydroxyl groups is 1. The van der Waals surface area contributed by atoms with Crippen molar-refractivity contribution in [3.05, 3.63) is 18.2 Å². The number of hydrogen-bond donors (Lipinski definition) is 3. The van der Waals surface area contributed by atoms with Gasteiger partial charge in [-0.05, 0) is 12.1 Å². The van der Waals surface area contributed by atoms with E-state index in [1.807, 2.05) is 0 Å². The lowest BCUT2D eigenvalue weighted by Crippen LogP contribution is -2.22. The Morgan fingerprint density at radius 2 is 2.11 bits per heavy atom. The summed E-state index contributed by atoms with van der Waals surface area (Å²) in [6, 6.07) is 5.19. The van der Waals surface area contributed by atoms with E-state index < -0.39 is 12.1 Å². The van der Waals surface area contributed by atoms with Crippen LogP contribution in [0.4, 0.5) is 5.69 Å². The molecule has 1 aromatic rings. The van der Waals surface area contributed by atoms with Gasteiger partial charge >= 0.3 is 5.97 Å². The Morgan fingerprint density at radius 1 is 1.39 bits per heavy atom. The highest BCUT2D eigenvalue weighted by Crippen LogP contribution is 2.28. The lowest BCUT2D eigenvalue weighted by molar-refractivity contribution is -0.138. The van der Waals surface area contributed by atoms with E-state index >= 15 is 0 Å². The number of carboxylic acid groups (broad SMARTS) is 1. The zero-order valence-corrected chi connectivity index (χ0v) is 10.3. The quantitative estimate of drug-likeness (QED) is 0.672. The van der Waals surface area contributed by atoms with Gasteiger partial charge in [0, 0.05) is 12.6 Å². The Morgan fingerprint density at radius 3 is 2.67 bits per heavy atom. The van der Waals surface area contributed by atoms with E-state index in [1.54, 1.807) is 25.3 Å². The first-order valence-corrected chi connectivity index (χ1v) is 5.42. The highest BCUT2D eigenvalue weighted by atomic mass is 16.5. The van der Waals surface area contributed by atoms with Crippen molar-refractivity contribution < 1.29 is 24.5 Å². The predicted molar refractivity (Wildman–Crippen MR) is 66.3 cm³/mol. The van der Waals surface area contributed by atoms with Gasteiger partial charge in [0.1, 0.15) is 11.5 Å². The first kappa shape index (κ1) is 14.1. The number of anilines is 1. The van der Waals surface area contributed by atoms with E-state index in [4.69, 9.17) is 14.6 Å². The minimum absolute atomic E-state index is 0.121. The fraction of sp³-hybridized carbons (Fsp3) is 0.417. The summed E-state index contributed by atoms with van der Waals surface area (Å²) in [7, 11) is 3.07. The normalized spacial score (nSPS) is 11.7. The molecule has 0 aliphatic heterocycles. The van der Waals surface area contributed by atoms with E-state index in [0.29, 0.717) is 17.2 Å². The van der Waals surface area contributed by atoms with Gasteiger partial charge in [-0.25, -0.2) is 0 Å². The third kappa shape index (κ3) is 4.14. The average Bonchev–Trinajstić information content (AvgIpc) is 2.35. The van der Waals surface area contributed by atoms with Gasteiger partial charge in [0.15, 0.2) is 0 Å². The number of hydrogen-bond acceptors (Lipinski definition) is 5. The third-order valence-corrected chi connectivity index (χ3v) is 2.35. The predicted octanol–water partition coefficient (Wildman–Crippen LogP) is 0.951. The number of benzene rings is 1. The molecule has 1 atom stereocenters. The number of methoxy groups -OCH3 is 2. The van der Waals surface area contributed by atoms with Crippen molar-refractivity contribution in [3.8, 4) is 11.5 Å². The maximum atomic E-state index is 10.4.